The second-order valence-corrected chi connectivity index (χ2v) is 8.34. The normalized spacial score (nSPS) is 10.8. The molecule has 31 heavy (non-hydrogen) atoms. The van der Waals surface area contributed by atoms with Crippen molar-refractivity contribution in [3.8, 4) is 5.75 Å². The zero-order valence-corrected chi connectivity index (χ0v) is 18.2. The summed E-state index contributed by atoms with van der Waals surface area (Å²) in [5, 5.41) is 9.72. The standard InChI is InChI=1S/C23H19ClFN3O2S/c1-15-10-18(24)4-7-20(15)30-13-17-11-21(31-14-17)23(29)26-22-8-9-28(27-22)12-16-2-5-19(25)6-3-16/h2-11,14H,12-13H2,1H3,(H,26,27,29). The molecule has 0 spiro atoms. The summed E-state index contributed by atoms with van der Waals surface area (Å²) in [6.07, 6.45) is 1.76. The number of thiophene rings is 1. The Balaban J connectivity index is 1.33. The molecule has 2 aromatic carbocycles. The molecular weight excluding hydrogens is 437 g/mol. The van der Waals surface area contributed by atoms with Crippen LogP contribution in [0, 0.1) is 12.7 Å². The minimum atomic E-state index is -0.277. The van der Waals surface area contributed by atoms with E-state index in [1.807, 2.05) is 24.4 Å². The van der Waals surface area contributed by atoms with Gasteiger partial charge >= 0.3 is 0 Å². The Kier molecular flexibility index (Phi) is 6.34. The molecule has 5 nitrogen and oxygen atoms in total. The second-order valence-electron chi connectivity index (χ2n) is 7.00. The van der Waals surface area contributed by atoms with Gasteiger partial charge in [0.05, 0.1) is 11.4 Å². The molecule has 4 rings (SSSR count). The highest BCUT2D eigenvalue weighted by Gasteiger charge is 2.12. The number of hydrogen-bond donors (Lipinski definition) is 1. The minimum absolute atomic E-state index is 0.231. The fourth-order valence-corrected chi connectivity index (χ4v) is 4.00. The summed E-state index contributed by atoms with van der Waals surface area (Å²) in [7, 11) is 0. The zero-order chi connectivity index (χ0) is 21.8. The number of ether oxygens (including phenoxy) is 1. The maximum Gasteiger partial charge on any atom is 0.266 e. The topological polar surface area (TPSA) is 56.1 Å². The summed E-state index contributed by atoms with van der Waals surface area (Å²) >= 11 is 7.31. The summed E-state index contributed by atoms with van der Waals surface area (Å²) in [6, 6.07) is 15.2. The average molecular weight is 456 g/mol. The summed E-state index contributed by atoms with van der Waals surface area (Å²) in [5.74, 6) is 0.704. The third-order valence-corrected chi connectivity index (χ3v) is 5.76. The van der Waals surface area contributed by atoms with Gasteiger partial charge in [0.2, 0.25) is 0 Å². The number of halogens is 2. The van der Waals surface area contributed by atoms with Crippen molar-refractivity contribution in [1.82, 2.24) is 9.78 Å². The third-order valence-electron chi connectivity index (χ3n) is 4.55. The monoisotopic (exact) mass is 455 g/mol. The lowest BCUT2D eigenvalue weighted by Crippen LogP contribution is -2.11. The first-order valence-corrected chi connectivity index (χ1v) is 10.8. The number of carbonyl (C=O) groups excluding carboxylic acids is 1. The Labute approximate surface area is 188 Å². The molecule has 2 aromatic heterocycles. The predicted molar refractivity (Wildman–Crippen MR) is 121 cm³/mol. The lowest BCUT2D eigenvalue weighted by atomic mass is 10.2. The van der Waals surface area contributed by atoms with Gasteiger partial charge in [0.25, 0.3) is 5.91 Å². The van der Waals surface area contributed by atoms with Crippen LogP contribution in [0.25, 0.3) is 0 Å². The van der Waals surface area contributed by atoms with E-state index in [4.69, 9.17) is 16.3 Å². The van der Waals surface area contributed by atoms with E-state index in [0.717, 1.165) is 22.4 Å². The summed E-state index contributed by atoms with van der Waals surface area (Å²) in [5.41, 5.74) is 2.78. The van der Waals surface area contributed by atoms with E-state index in [9.17, 15) is 9.18 Å². The number of hydrogen-bond acceptors (Lipinski definition) is 4. The van der Waals surface area contributed by atoms with E-state index in [-0.39, 0.29) is 11.7 Å². The molecule has 0 aliphatic rings. The molecule has 0 fully saturated rings. The van der Waals surface area contributed by atoms with Gasteiger partial charge in [-0.15, -0.1) is 11.3 Å². The first kappa shape index (κ1) is 21.1. The lowest BCUT2D eigenvalue weighted by Gasteiger charge is -2.08. The van der Waals surface area contributed by atoms with Crippen LogP contribution in [-0.4, -0.2) is 15.7 Å². The first-order chi connectivity index (χ1) is 15.0. The third kappa shape index (κ3) is 5.51. The van der Waals surface area contributed by atoms with Gasteiger partial charge in [-0.05, 0) is 59.8 Å². The van der Waals surface area contributed by atoms with E-state index in [1.165, 1.54) is 23.5 Å². The quantitative estimate of drug-likeness (QED) is 0.376. The summed E-state index contributed by atoms with van der Waals surface area (Å²) < 4.78 is 20.5. The van der Waals surface area contributed by atoms with Gasteiger partial charge < -0.3 is 10.1 Å². The largest absolute Gasteiger partial charge is 0.489 e. The molecule has 0 aliphatic heterocycles. The fourth-order valence-electron chi connectivity index (χ4n) is 2.98. The SMILES string of the molecule is Cc1cc(Cl)ccc1OCc1csc(C(=O)Nc2ccn(Cc3ccc(F)cc3)n2)c1. The fraction of sp³-hybridized carbons (Fsp3) is 0.130. The minimum Gasteiger partial charge on any atom is -0.489 e. The van der Waals surface area contributed by atoms with Gasteiger partial charge in [-0.25, -0.2) is 4.39 Å². The van der Waals surface area contributed by atoms with Crippen LogP contribution < -0.4 is 10.1 Å². The number of rotatable bonds is 7. The lowest BCUT2D eigenvalue weighted by molar-refractivity contribution is 0.103. The van der Waals surface area contributed by atoms with Crippen LogP contribution in [0.4, 0.5) is 10.2 Å². The second kappa shape index (κ2) is 9.32. The van der Waals surface area contributed by atoms with Crippen molar-refractivity contribution in [3.05, 3.63) is 98.6 Å². The molecule has 0 aliphatic carbocycles. The Morgan fingerprint density at radius 2 is 1.97 bits per heavy atom. The van der Waals surface area contributed by atoms with Gasteiger partial charge in [0, 0.05) is 22.8 Å². The maximum absolute atomic E-state index is 13.0. The molecule has 8 heteroatoms. The summed E-state index contributed by atoms with van der Waals surface area (Å²) in [4.78, 5) is 13.1. The zero-order valence-electron chi connectivity index (χ0n) is 16.6. The molecule has 1 N–H and O–H groups in total. The first-order valence-electron chi connectivity index (χ1n) is 9.52. The molecule has 2 heterocycles. The van der Waals surface area contributed by atoms with Crippen molar-refractivity contribution >= 4 is 34.7 Å². The van der Waals surface area contributed by atoms with Crippen molar-refractivity contribution < 1.29 is 13.9 Å². The molecule has 0 bridgehead atoms. The van der Waals surface area contributed by atoms with Crippen LogP contribution in [0.5, 0.6) is 5.75 Å². The average Bonchev–Trinajstić information content (AvgIpc) is 3.39. The highest BCUT2D eigenvalue weighted by molar-refractivity contribution is 7.12. The number of benzene rings is 2. The molecule has 4 aromatic rings. The summed E-state index contributed by atoms with van der Waals surface area (Å²) in [6.45, 7) is 2.78. The van der Waals surface area contributed by atoms with E-state index < -0.39 is 0 Å². The van der Waals surface area contributed by atoms with Gasteiger partial charge in [-0.1, -0.05) is 23.7 Å². The highest BCUT2D eigenvalue weighted by Crippen LogP contribution is 2.24. The molecule has 1 amide bonds. The van der Waals surface area contributed by atoms with Crippen LogP contribution in [0.2, 0.25) is 5.02 Å². The molecule has 0 radical (unpaired) electrons. The molecule has 0 atom stereocenters. The number of carbonyl (C=O) groups is 1. The molecule has 0 saturated carbocycles. The van der Waals surface area contributed by atoms with Gasteiger partial charge in [-0.3, -0.25) is 9.48 Å². The smallest absolute Gasteiger partial charge is 0.266 e. The number of nitrogens with zero attached hydrogens (tertiary/aromatic N) is 2. The number of aromatic nitrogens is 2. The van der Waals surface area contributed by atoms with E-state index in [1.54, 1.807) is 41.2 Å². The number of nitrogens with one attached hydrogen (secondary N) is 1. The van der Waals surface area contributed by atoms with Crippen LogP contribution in [-0.2, 0) is 13.2 Å². The van der Waals surface area contributed by atoms with Crippen molar-refractivity contribution in [2.45, 2.75) is 20.1 Å². The van der Waals surface area contributed by atoms with Crippen LogP contribution in [0.1, 0.15) is 26.4 Å². The Morgan fingerprint density at radius 3 is 2.74 bits per heavy atom. The Bertz CT molecular complexity index is 1200. The number of amides is 1. The molecule has 158 valence electrons. The van der Waals surface area contributed by atoms with E-state index in [2.05, 4.69) is 10.4 Å². The molecular formula is C23H19ClFN3O2S. The highest BCUT2D eigenvalue weighted by atomic mass is 35.5. The van der Waals surface area contributed by atoms with E-state index >= 15 is 0 Å². The maximum atomic E-state index is 13.0. The van der Waals surface area contributed by atoms with Gasteiger partial charge in [0.1, 0.15) is 18.2 Å². The Hall–Kier alpha value is -3.16. The van der Waals surface area contributed by atoms with Crippen molar-refractivity contribution in [3.63, 3.8) is 0 Å². The van der Waals surface area contributed by atoms with Crippen LogP contribution in [0.15, 0.2) is 66.2 Å². The van der Waals surface area contributed by atoms with E-state index in [0.29, 0.717) is 28.9 Å². The van der Waals surface area contributed by atoms with Crippen LogP contribution in [0.3, 0.4) is 0 Å². The van der Waals surface area contributed by atoms with Crippen molar-refractivity contribution in [2.24, 2.45) is 0 Å². The van der Waals surface area contributed by atoms with Gasteiger partial charge in [0.15, 0.2) is 5.82 Å². The van der Waals surface area contributed by atoms with Crippen molar-refractivity contribution in [2.75, 3.05) is 5.32 Å². The number of anilines is 1. The number of aryl methyl sites for hydroxylation is 1. The molecule has 0 saturated heterocycles. The molecule has 0 unspecified atom stereocenters. The Morgan fingerprint density at radius 1 is 1.16 bits per heavy atom. The predicted octanol–water partition coefficient (Wildman–Crippen LogP) is 5.93. The van der Waals surface area contributed by atoms with Crippen molar-refractivity contribution in [1.29, 1.82) is 0 Å². The van der Waals surface area contributed by atoms with Crippen LogP contribution >= 0.6 is 22.9 Å². The van der Waals surface area contributed by atoms with Gasteiger partial charge in [-0.2, -0.15) is 5.10 Å².